The Morgan fingerprint density at radius 3 is 2.70 bits per heavy atom. The van der Waals surface area contributed by atoms with Gasteiger partial charge >= 0.3 is 5.97 Å². The predicted molar refractivity (Wildman–Crippen MR) is 76.4 cm³/mol. The third kappa shape index (κ3) is 2.03. The highest BCUT2D eigenvalue weighted by molar-refractivity contribution is 6.45. The largest absolute Gasteiger partial charge is 0.478 e. The second-order valence-electron chi connectivity index (χ2n) is 4.13. The van der Waals surface area contributed by atoms with Crippen molar-refractivity contribution in [3.63, 3.8) is 0 Å². The van der Waals surface area contributed by atoms with E-state index in [1.807, 2.05) is 0 Å². The standard InChI is InChI=1S/C14H7Cl2NO3/c15-10-2-1-8-9(14(18)19)5-11(7-3-4-20-6-7)17-13(8)12(10)16/h1-6H,(H,18,19). The molecule has 2 aromatic heterocycles. The van der Waals surface area contributed by atoms with E-state index in [1.165, 1.54) is 18.6 Å². The molecule has 20 heavy (non-hydrogen) atoms. The van der Waals surface area contributed by atoms with E-state index >= 15 is 0 Å². The Balaban J connectivity index is 2.41. The summed E-state index contributed by atoms with van der Waals surface area (Å²) >= 11 is 12.1. The van der Waals surface area contributed by atoms with Crippen LogP contribution in [0, 0.1) is 0 Å². The summed E-state index contributed by atoms with van der Waals surface area (Å²) < 4.78 is 4.99. The number of carboxylic acid groups (broad SMARTS) is 1. The lowest BCUT2D eigenvalue weighted by molar-refractivity contribution is 0.0699. The first-order valence-electron chi connectivity index (χ1n) is 5.62. The first-order chi connectivity index (χ1) is 9.58. The summed E-state index contributed by atoms with van der Waals surface area (Å²) in [7, 11) is 0. The van der Waals surface area contributed by atoms with Crippen molar-refractivity contribution in [2.75, 3.05) is 0 Å². The molecule has 0 saturated heterocycles. The lowest BCUT2D eigenvalue weighted by atomic mass is 10.1. The number of carbonyl (C=O) groups is 1. The van der Waals surface area contributed by atoms with Crippen LogP contribution in [0.15, 0.2) is 41.2 Å². The van der Waals surface area contributed by atoms with Gasteiger partial charge in [-0.1, -0.05) is 29.3 Å². The highest BCUT2D eigenvalue weighted by Crippen LogP contribution is 2.33. The van der Waals surface area contributed by atoms with E-state index in [0.29, 0.717) is 27.2 Å². The maximum absolute atomic E-state index is 11.4. The van der Waals surface area contributed by atoms with Crippen molar-refractivity contribution in [3.8, 4) is 11.3 Å². The van der Waals surface area contributed by atoms with E-state index < -0.39 is 5.97 Å². The second kappa shape index (κ2) is 4.81. The number of hydrogen-bond acceptors (Lipinski definition) is 3. The zero-order chi connectivity index (χ0) is 14.3. The van der Waals surface area contributed by atoms with Crippen molar-refractivity contribution < 1.29 is 14.3 Å². The molecule has 0 bridgehead atoms. The molecule has 6 heteroatoms. The SMILES string of the molecule is O=C(O)c1cc(-c2ccoc2)nc2c(Cl)c(Cl)ccc12. The van der Waals surface area contributed by atoms with Crippen LogP contribution in [0.3, 0.4) is 0 Å². The maximum atomic E-state index is 11.4. The number of rotatable bonds is 2. The van der Waals surface area contributed by atoms with Gasteiger partial charge in [-0.15, -0.1) is 0 Å². The van der Waals surface area contributed by atoms with Gasteiger partial charge in [-0.05, 0) is 18.2 Å². The highest BCUT2D eigenvalue weighted by Gasteiger charge is 2.16. The number of aromatic carboxylic acids is 1. The van der Waals surface area contributed by atoms with Crippen LogP contribution in [0.2, 0.25) is 10.0 Å². The monoisotopic (exact) mass is 307 g/mol. The number of hydrogen-bond donors (Lipinski definition) is 1. The molecule has 0 aliphatic carbocycles. The average molecular weight is 308 g/mol. The first-order valence-corrected chi connectivity index (χ1v) is 6.38. The Kier molecular flexibility index (Phi) is 3.12. The fourth-order valence-corrected chi connectivity index (χ4v) is 2.33. The van der Waals surface area contributed by atoms with E-state index in [4.69, 9.17) is 27.6 Å². The molecule has 0 aliphatic rings. The minimum Gasteiger partial charge on any atom is -0.478 e. The van der Waals surface area contributed by atoms with Gasteiger partial charge in [-0.3, -0.25) is 0 Å². The molecule has 3 rings (SSSR count). The Morgan fingerprint density at radius 2 is 2.05 bits per heavy atom. The van der Waals surface area contributed by atoms with Gasteiger partial charge in [0.25, 0.3) is 0 Å². The Bertz CT molecular complexity index is 813. The number of nitrogens with zero attached hydrogens (tertiary/aromatic N) is 1. The van der Waals surface area contributed by atoms with Gasteiger partial charge in [0.05, 0.1) is 39.3 Å². The van der Waals surface area contributed by atoms with Crippen LogP contribution < -0.4 is 0 Å². The van der Waals surface area contributed by atoms with Gasteiger partial charge in [0.15, 0.2) is 0 Å². The summed E-state index contributed by atoms with van der Waals surface area (Å²) in [5, 5.41) is 10.3. The lowest BCUT2D eigenvalue weighted by Gasteiger charge is -2.08. The van der Waals surface area contributed by atoms with E-state index in [2.05, 4.69) is 4.98 Å². The van der Waals surface area contributed by atoms with Crippen LogP contribution in [0.4, 0.5) is 0 Å². The molecule has 2 heterocycles. The van der Waals surface area contributed by atoms with Gasteiger partial charge in [0.2, 0.25) is 0 Å². The smallest absolute Gasteiger partial charge is 0.336 e. The molecule has 100 valence electrons. The number of aromatic nitrogens is 1. The predicted octanol–water partition coefficient (Wildman–Crippen LogP) is 4.50. The molecule has 0 aliphatic heterocycles. The summed E-state index contributed by atoms with van der Waals surface area (Å²) in [5.74, 6) is -1.06. The van der Waals surface area contributed by atoms with E-state index in [1.54, 1.807) is 18.2 Å². The quantitative estimate of drug-likeness (QED) is 0.757. The summed E-state index contributed by atoms with van der Waals surface area (Å²) in [6, 6.07) is 6.33. The molecule has 0 radical (unpaired) electrons. The number of halogens is 2. The normalized spacial score (nSPS) is 10.9. The van der Waals surface area contributed by atoms with Crippen molar-refractivity contribution in [1.29, 1.82) is 0 Å². The van der Waals surface area contributed by atoms with Gasteiger partial charge in [0, 0.05) is 10.9 Å². The molecule has 0 spiro atoms. The van der Waals surface area contributed by atoms with Crippen LogP contribution in [0.25, 0.3) is 22.2 Å². The number of furan rings is 1. The zero-order valence-electron chi connectivity index (χ0n) is 9.93. The third-order valence-corrected chi connectivity index (χ3v) is 3.71. The van der Waals surface area contributed by atoms with Crippen molar-refractivity contribution in [2.45, 2.75) is 0 Å². The molecule has 0 saturated carbocycles. The van der Waals surface area contributed by atoms with Crippen LogP contribution in [-0.2, 0) is 0 Å². The van der Waals surface area contributed by atoms with Gasteiger partial charge in [-0.2, -0.15) is 0 Å². The highest BCUT2D eigenvalue weighted by atomic mass is 35.5. The van der Waals surface area contributed by atoms with E-state index in [9.17, 15) is 9.90 Å². The van der Waals surface area contributed by atoms with E-state index in [0.717, 1.165) is 0 Å². The lowest BCUT2D eigenvalue weighted by Crippen LogP contribution is -2.00. The van der Waals surface area contributed by atoms with Gasteiger partial charge in [0.1, 0.15) is 0 Å². The van der Waals surface area contributed by atoms with Crippen LogP contribution in [0.5, 0.6) is 0 Å². The minimum atomic E-state index is -1.06. The van der Waals surface area contributed by atoms with Crippen molar-refractivity contribution in [1.82, 2.24) is 4.98 Å². The Labute approximate surface area is 123 Å². The number of carboxylic acids is 1. The summed E-state index contributed by atoms with van der Waals surface area (Å²) in [6.45, 7) is 0. The molecule has 0 amide bonds. The first kappa shape index (κ1) is 13.0. The molecular weight excluding hydrogens is 301 g/mol. The number of pyridine rings is 1. The Hall–Kier alpha value is -2.04. The van der Waals surface area contributed by atoms with Crippen LogP contribution >= 0.6 is 23.2 Å². The summed E-state index contributed by atoms with van der Waals surface area (Å²) in [5.41, 5.74) is 1.61. The fourth-order valence-electron chi connectivity index (χ4n) is 1.97. The third-order valence-electron chi connectivity index (χ3n) is 2.92. The minimum absolute atomic E-state index is 0.116. The molecule has 0 fully saturated rings. The van der Waals surface area contributed by atoms with Crippen LogP contribution in [-0.4, -0.2) is 16.1 Å². The van der Waals surface area contributed by atoms with E-state index in [-0.39, 0.29) is 10.6 Å². The van der Waals surface area contributed by atoms with Gasteiger partial charge in [-0.25, -0.2) is 9.78 Å². The average Bonchev–Trinajstić information content (AvgIpc) is 2.96. The molecular formula is C14H7Cl2NO3. The molecule has 0 unspecified atom stereocenters. The number of benzene rings is 1. The van der Waals surface area contributed by atoms with Gasteiger partial charge < -0.3 is 9.52 Å². The summed E-state index contributed by atoms with van der Waals surface area (Å²) in [4.78, 5) is 15.8. The second-order valence-corrected chi connectivity index (χ2v) is 4.91. The molecule has 1 aromatic carbocycles. The molecule has 4 nitrogen and oxygen atoms in total. The van der Waals surface area contributed by atoms with Crippen LogP contribution in [0.1, 0.15) is 10.4 Å². The zero-order valence-corrected chi connectivity index (χ0v) is 11.4. The molecule has 3 aromatic rings. The van der Waals surface area contributed by atoms with Crippen molar-refractivity contribution >= 4 is 40.1 Å². The topological polar surface area (TPSA) is 63.3 Å². The fraction of sp³-hybridized carbons (Fsp3) is 0. The summed E-state index contributed by atoms with van der Waals surface area (Å²) in [6.07, 6.45) is 2.97. The molecule has 1 N–H and O–H groups in total. The molecule has 0 atom stereocenters. The van der Waals surface area contributed by atoms with Crippen molar-refractivity contribution in [2.24, 2.45) is 0 Å². The Morgan fingerprint density at radius 1 is 1.25 bits per heavy atom. The number of fused-ring (bicyclic) bond motifs is 1. The maximum Gasteiger partial charge on any atom is 0.336 e. The van der Waals surface area contributed by atoms with Crippen molar-refractivity contribution in [3.05, 3.63) is 52.4 Å².